The van der Waals surface area contributed by atoms with Crippen molar-refractivity contribution in [3.63, 3.8) is 0 Å². The van der Waals surface area contributed by atoms with Gasteiger partial charge in [0, 0.05) is 5.57 Å². The van der Waals surface area contributed by atoms with Crippen molar-refractivity contribution in [2.75, 3.05) is 0 Å². The summed E-state index contributed by atoms with van der Waals surface area (Å²) in [7, 11) is 0. The molecule has 0 heterocycles. The molecule has 0 aliphatic carbocycles. The average molecular weight is 171 g/mol. The number of nitrogens with zero attached hydrogens (tertiary/aromatic N) is 1. The van der Waals surface area contributed by atoms with Crippen LogP contribution in [0.1, 0.15) is 25.0 Å². The maximum atomic E-state index is 8.73. The van der Waals surface area contributed by atoms with E-state index in [4.69, 9.17) is 5.26 Å². The zero-order valence-electron chi connectivity index (χ0n) is 8.26. The van der Waals surface area contributed by atoms with E-state index in [1.165, 1.54) is 5.56 Å². The molecule has 0 atom stereocenters. The maximum Gasteiger partial charge on any atom is 0.0947 e. The molecule has 0 N–H and O–H groups in total. The first-order chi connectivity index (χ1) is 6.15. The highest BCUT2D eigenvalue weighted by atomic mass is 14.2. The molecule has 0 spiro atoms. The Bertz CT molecular complexity index is 380. The number of nitriles is 1. The van der Waals surface area contributed by atoms with Gasteiger partial charge >= 0.3 is 0 Å². The fourth-order valence-corrected chi connectivity index (χ4v) is 1.18. The number of hydrogen-bond acceptors (Lipinski definition) is 1. The van der Waals surface area contributed by atoms with Gasteiger partial charge in [-0.1, -0.05) is 29.8 Å². The lowest BCUT2D eigenvalue weighted by Crippen LogP contribution is -1.84. The summed E-state index contributed by atoms with van der Waals surface area (Å²) >= 11 is 0. The quantitative estimate of drug-likeness (QED) is 0.595. The van der Waals surface area contributed by atoms with Crippen LogP contribution in [0, 0.1) is 18.3 Å². The van der Waals surface area contributed by atoms with Crippen molar-refractivity contribution >= 4 is 5.57 Å². The number of aryl methyl sites for hydroxylation is 1. The van der Waals surface area contributed by atoms with E-state index in [0.717, 1.165) is 16.7 Å². The minimum Gasteiger partial charge on any atom is -0.193 e. The lowest BCUT2D eigenvalue weighted by atomic mass is 10.0. The van der Waals surface area contributed by atoms with Gasteiger partial charge in [-0.25, -0.2) is 0 Å². The minimum absolute atomic E-state index is 0.783. The molecule has 1 rings (SSSR count). The number of benzene rings is 1. The molecule has 13 heavy (non-hydrogen) atoms. The van der Waals surface area contributed by atoms with Crippen LogP contribution in [0.25, 0.3) is 5.57 Å². The predicted octanol–water partition coefficient (Wildman–Crippen LogP) is 3.31. The summed E-state index contributed by atoms with van der Waals surface area (Å²) in [5, 5.41) is 8.73. The second kappa shape index (κ2) is 3.91. The molecule has 0 aliphatic rings. The molecule has 0 aliphatic heterocycles. The largest absolute Gasteiger partial charge is 0.193 e. The predicted molar refractivity (Wildman–Crippen MR) is 55.1 cm³/mol. The van der Waals surface area contributed by atoms with Gasteiger partial charge in [0.15, 0.2) is 0 Å². The highest BCUT2D eigenvalue weighted by Crippen LogP contribution is 2.18. The summed E-state index contributed by atoms with van der Waals surface area (Å²) in [6.07, 6.45) is 0. The Balaban J connectivity index is 3.18. The molecule has 0 saturated carbocycles. The molecule has 0 fully saturated rings. The van der Waals surface area contributed by atoms with E-state index in [-0.39, 0.29) is 0 Å². The molecule has 0 amide bonds. The zero-order chi connectivity index (χ0) is 9.84. The summed E-state index contributed by atoms with van der Waals surface area (Å²) in [5.74, 6) is 0. The van der Waals surface area contributed by atoms with Crippen LogP contribution in [-0.2, 0) is 0 Å². The molecule has 0 unspecified atom stereocenters. The Morgan fingerprint density at radius 1 is 1.31 bits per heavy atom. The third-order valence-electron chi connectivity index (χ3n) is 2.18. The highest BCUT2D eigenvalue weighted by molar-refractivity contribution is 5.69. The summed E-state index contributed by atoms with van der Waals surface area (Å²) in [4.78, 5) is 0. The van der Waals surface area contributed by atoms with Crippen molar-refractivity contribution < 1.29 is 0 Å². The molecule has 1 nitrogen and oxygen atoms in total. The summed E-state index contributed by atoms with van der Waals surface area (Å²) in [6, 6.07) is 10.4. The second-order valence-electron chi connectivity index (χ2n) is 3.23. The van der Waals surface area contributed by atoms with Gasteiger partial charge in [0.1, 0.15) is 0 Å². The summed E-state index contributed by atoms with van der Waals surface area (Å²) in [5.41, 5.74) is 4.21. The minimum atomic E-state index is 0.783. The molecule has 0 aromatic heterocycles. The van der Waals surface area contributed by atoms with Gasteiger partial charge in [-0.05, 0) is 31.9 Å². The smallest absolute Gasteiger partial charge is 0.0947 e. The highest BCUT2D eigenvalue weighted by Gasteiger charge is 1.99. The molecule has 1 heteroatoms. The first kappa shape index (κ1) is 9.54. The van der Waals surface area contributed by atoms with E-state index in [9.17, 15) is 0 Å². The molecule has 66 valence electrons. The first-order valence-corrected chi connectivity index (χ1v) is 4.29. The fraction of sp³-hybridized carbons (Fsp3) is 0.250. The van der Waals surface area contributed by atoms with Crippen molar-refractivity contribution in [2.24, 2.45) is 0 Å². The summed E-state index contributed by atoms with van der Waals surface area (Å²) in [6.45, 7) is 5.88. The standard InChI is InChI=1S/C12H13N/c1-9-5-4-6-12(7-9)11(3)10(2)8-13/h4-7H,1-3H3/b11-10-. The van der Waals surface area contributed by atoms with Crippen LogP contribution in [0.3, 0.4) is 0 Å². The fourth-order valence-electron chi connectivity index (χ4n) is 1.18. The maximum absolute atomic E-state index is 8.73. The van der Waals surface area contributed by atoms with Gasteiger partial charge in [0.05, 0.1) is 6.07 Å². The van der Waals surface area contributed by atoms with Gasteiger partial charge in [-0.3, -0.25) is 0 Å². The van der Waals surface area contributed by atoms with E-state index in [1.807, 2.05) is 26.0 Å². The second-order valence-corrected chi connectivity index (χ2v) is 3.23. The van der Waals surface area contributed by atoms with Gasteiger partial charge in [-0.15, -0.1) is 0 Å². The number of hydrogen-bond donors (Lipinski definition) is 0. The van der Waals surface area contributed by atoms with Crippen LogP contribution in [0.15, 0.2) is 29.8 Å². The van der Waals surface area contributed by atoms with E-state index in [2.05, 4.69) is 25.1 Å². The van der Waals surface area contributed by atoms with Crippen LogP contribution in [0.5, 0.6) is 0 Å². The summed E-state index contributed by atoms with van der Waals surface area (Å²) < 4.78 is 0. The van der Waals surface area contributed by atoms with E-state index in [1.54, 1.807) is 0 Å². The van der Waals surface area contributed by atoms with Gasteiger partial charge in [-0.2, -0.15) is 5.26 Å². The number of rotatable bonds is 1. The number of allylic oxidation sites excluding steroid dienone is 2. The Morgan fingerprint density at radius 2 is 2.00 bits per heavy atom. The molecule has 0 radical (unpaired) electrons. The SMILES string of the molecule is C/C(C#N)=C(\C)c1cccc(C)c1. The normalized spacial score (nSPS) is 11.8. The topological polar surface area (TPSA) is 23.8 Å². The van der Waals surface area contributed by atoms with Crippen molar-refractivity contribution in [1.82, 2.24) is 0 Å². The Kier molecular flexibility index (Phi) is 2.87. The van der Waals surface area contributed by atoms with Crippen LogP contribution in [0.2, 0.25) is 0 Å². The zero-order valence-corrected chi connectivity index (χ0v) is 8.26. The van der Waals surface area contributed by atoms with Gasteiger partial charge in [0.2, 0.25) is 0 Å². The molecular weight excluding hydrogens is 158 g/mol. The first-order valence-electron chi connectivity index (χ1n) is 4.29. The van der Waals surface area contributed by atoms with Crippen molar-refractivity contribution in [3.05, 3.63) is 41.0 Å². The van der Waals surface area contributed by atoms with Crippen molar-refractivity contribution in [2.45, 2.75) is 20.8 Å². The Hall–Kier alpha value is -1.55. The van der Waals surface area contributed by atoms with Gasteiger partial charge in [0.25, 0.3) is 0 Å². The van der Waals surface area contributed by atoms with Crippen LogP contribution in [0.4, 0.5) is 0 Å². The lowest BCUT2D eigenvalue weighted by Gasteiger charge is -2.03. The molecule has 0 saturated heterocycles. The lowest BCUT2D eigenvalue weighted by molar-refractivity contribution is 1.39. The monoisotopic (exact) mass is 171 g/mol. The molecular formula is C12H13N. The Morgan fingerprint density at radius 3 is 2.54 bits per heavy atom. The van der Waals surface area contributed by atoms with Crippen LogP contribution >= 0.6 is 0 Å². The van der Waals surface area contributed by atoms with Crippen LogP contribution < -0.4 is 0 Å². The average Bonchev–Trinajstić information content (AvgIpc) is 2.15. The third-order valence-corrected chi connectivity index (χ3v) is 2.18. The van der Waals surface area contributed by atoms with Gasteiger partial charge < -0.3 is 0 Å². The molecule has 1 aromatic carbocycles. The van der Waals surface area contributed by atoms with E-state index >= 15 is 0 Å². The molecule has 0 bridgehead atoms. The van der Waals surface area contributed by atoms with Crippen molar-refractivity contribution in [3.8, 4) is 6.07 Å². The third kappa shape index (κ3) is 2.19. The molecule has 1 aromatic rings. The van der Waals surface area contributed by atoms with E-state index in [0.29, 0.717) is 0 Å². The van der Waals surface area contributed by atoms with Crippen LogP contribution in [-0.4, -0.2) is 0 Å². The Labute approximate surface area is 79.3 Å². The van der Waals surface area contributed by atoms with E-state index < -0.39 is 0 Å². The van der Waals surface area contributed by atoms with Crippen molar-refractivity contribution in [1.29, 1.82) is 5.26 Å².